The fraction of sp³-hybridized carbons (Fsp3) is 0.200. The quantitative estimate of drug-likeness (QED) is 0.601. The Kier molecular flexibility index (Phi) is 3.80. The van der Waals surface area contributed by atoms with E-state index in [1.807, 2.05) is 0 Å². The number of pyridine rings is 1. The third-order valence-corrected chi connectivity index (χ3v) is 5.26. The van der Waals surface area contributed by atoms with E-state index in [-0.39, 0.29) is 11.1 Å². The predicted molar refractivity (Wildman–Crippen MR) is 101 cm³/mol. The molecule has 0 radical (unpaired) electrons. The van der Waals surface area contributed by atoms with E-state index in [2.05, 4.69) is 0 Å². The van der Waals surface area contributed by atoms with Gasteiger partial charge in [0.25, 0.3) is 0 Å². The van der Waals surface area contributed by atoms with Crippen LogP contribution in [0.3, 0.4) is 0 Å². The molecule has 1 heterocycles. The third kappa shape index (κ3) is 2.56. The Morgan fingerprint density at radius 3 is 2.46 bits per heavy atom. The number of benzene rings is 2. The number of aromatic nitrogens is 1. The highest BCUT2D eigenvalue weighted by atomic mass is 19.1. The van der Waals surface area contributed by atoms with Crippen molar-refractivity contribution in [3.63, 3.8) is 0 Å². The maximum Gasteiger partial charge on any atom is 0.341 e. The number of anilines is 1. The Morgan fingerprint density at radius 2 is 1.89 bits per heavy atom. The van der Waals surface area contributed by atoms with Crippen LogP contribution in [0.5, 0.6) is 0 Å². The molecule has 0 aliphatic heterocycles. The summed E-state index contributed by atoms with van der Waals surface area (Å²) in [6, 6.07) is 4.89. The second-order valence-electron chi connectivity index (χ2n) is 7.16. The van der Waals surface area contributed by atoms with Crippen molar-refractivity contribution in [2.45, 2.75) is 25.3 Å². The Morgan fingerprint density at radius 1 is 1.21 bits per heavy atom. The normalized spacial score (nSPS) is 15.0. The molecule has 1 saturated carbocycles. The van der Waals surface area contributed by atoms with Gasteiger partial charge in [-0.1, -0.05) is 0 Å². The Bertz CT molecular complexity index is 1230. The van der Waals surface area contributed by atoms with Gasteiger partial charge in [-0.3, -0.25) is 4.79 Å². The number of carboxylic acid groups (broad SMARTS) is 1. The Balaban J connectivity index is 2.18. The molecule has 8 heteroatoms. The number of aromatic carboxylic acids is 1. The molecule has 0 amide bonds. The second kappa shape index (κ2) is 5.87. The summed E-state index contributed by atoms with van der Waals surface area (Å²) >= 11 is 0. The zero-order valence-corrected chi connectivity index (χ0v) is 14.9. The molecule has 28 heavy (non-hydrogen) atoms. The number of hydrogen-bond donors (Lipinski definition) is 3. The lowest BCUT2D eigenvalue weighted by atomic mass is 9.95. The standard InChI is InChI=1S/C20H17F2N3O3/c1-9-16(20(24)4-5-20)14(22)7-11-17(9)25(8-12(18(11)26)19(27)28)10-2-3-13(21)15(23)6-10/h2-3,6-8H,4-5,23-24H2,1H3,(H,27,28). The van der Waals surface area contributed by atoms with Crippen molar-refractivity contribution >= 4 is 22.6 Å². The molecule has 4 rings (SSSR count). The number of nitrogen functional groups attached to an aromatic ring is 1. The highest BCUT2D eigenvalue weighted by molar-refractivity contribution is 5.94. The van der Waals surface area contributed by atoms with Crippen molar-refractivity contribution in [1.82, 2.24) is 4.57 Å². The van der Waals surface area contributed by atoms with E-state index in [1.165, 1.54) is 16.7 Å². The number of carbonyl (C=O) groups is 1. The average molecular weight is 385 g/mol. The SMILES string of the molecule is Cc1c(C2(N)CC2)c(F)cc2c(=O)c(C(=O)O)cn(-c3ccc(F)c(N)c3)c12. The van der Waals surface area contributed by atoms with Crippen LogP contribution in [-0.4, -0.2) is 15.6 Å². The lowest BCUT2D eigenvalue weighted by molar-refractivity contribution is 0.0695. The first kappa shape index (κ1) is 18.1. The van der Waals surface area contributed by atoms with Crippen LogP contribution in [0.2, 0.25) is 0 Å². The number of aryl methyl sites for hydroxylation is 1. The minimum atomic E-state index is -1.45. The minimum absolute atomic E-state index is 0.0919. The van der Waals surface area contributed by atoms with Gasteiger partial charge in [0.1, 0.15) is 17.2 Å². The van der Waals surface area contributed by atoms with Crippen LogP contribution < -0.4 is 16.9 Å². The van der Waals surface area contributed by atoms with Gasteiger partial charge in [0.15, 0.2) is 0 Å². The summed E-state index contributed by atoms with van der Waals surface area (Å²) in [4.78, 5) is 24.2. The van der Waals surface area contributed by atoms with Crippen molar-refractivity contribution in [2.75, 3.05) is 5.73 Å². The first-order chi connectivity index (χ1) is 13.1. The summed E-state index contributed by atoms with van der Waals surface area (Å²) < 4.78 is 29.9. The first-order valence-electron chi connectivity index (χ1n) is 8.60. The van der Waals surface area contributed by atoms with Gasteiger partial charge in [-0.05, 0) is 49.6 Å². The van der Waals surface area contributed by atoms with Gasteiger partial charge < -0.3 is 21.1 Å². The molecule has 0 saturated heterocycles. The molecule has 1 aliphatic carbocycles. The van der Waals surface area contributed by atoms with Crippen molar-refractivity contribution in [2.24, 2.45) is 5.73 Å². The molecule has 1 aromatic heterocycles. The zero-order valence-electron chi connectivity index (χ0n) is 14.9. The van der Waals surface area contributed by atoms with Gasteiger partial charge in [0, 0.05) is 23.0 Å². The molecule has 6 nitrogen and oxygen atoms in total. The molecule has 0 unspecified atom stereocenters. The number of nitrogens with two attached hydrogens (primary N) is 2. The van der Waals surface area contributed by atoms with Crippen LogP contribution in [0.1, 0.15) is 34.3 Å². The molecule has 3 aromatic rings. The van der Waals surface area contributed by atoms with Gasteiger partial charge in [-0.2, -0.15) is 0 Å². The molecule has 1 fully saturated rings. The summed E-state index contributed by atoms with van der Waals surface area (Å²) in [5, 5.41) is 9.32. The van der Waals surface area contributed by atoms with E-state index in [0.29, 0.717) is 35.2 Å². The van der Waals surface area contributed by atoms with E-state index in [0.717, 1.165) is 18.3 Å². The lowest BCUT2D eigenvalue weighted by Crippen LogP contribution is -2.25. The van der Waals surface area contributed by atoms with E-state index in [1.54, 1.807) is 6.92 Å². The Hall–Kier alpha value is -3.26. The summed E-state index contributed by atoms with van der Waals surface area (Å²) in [6.45, 7) is 1.64. The molecular weight excluding hydrogens is 368 g/mol. The number of halogens is 2. The first-order valence-corrected chi connectivity index (χ1v) is 8.60. The summed E-state index contributed by atoms with van der Waals surface area (Å²) in [5.74, 6) is -2.72. The van der Waals surface area contributed by atoms with Crippen LogP contribution >= 0.6 is 0 Å². The molecule has 5 N–H and O–H groups in total. The fourth-order valence-electron chi connectivity index (χ4n) is 3.68. The van der Waals surface area contributed by atoms with E-state index in [9.17, 15) is 23.5 Å². The van der Waals surface area contributed by atoms with E-state index < -0.39 is 34.1 Å². The summed E-state index contributed by atoms with van der Waals surface area (Å²) in [5.41, 5.74) is 11.0. The zero-order chi connectivity index (χ0) is 20.4. The second-order valence-corrected chi connectivity index (χ2v) is 7.16. The van der Waals surface area contributed by atoms with E-state index in [4.69, 9.17) is 11.5 Å². The molecule has 2 aromatic carbocycles. The van der Waals surface area contributed by atoms with Crippen molar-refractivity contribution < 1.29 is 18.7 Å². The van der Waals surface area contributed by atoms with E-state index >= 15 is 0 Å². The number of fused-ring (bicyclic) bond motifs is 1. The van der Waals surface area contributed by atoms with Gasteiger partial charge in [-0.25, -0.2) is 13.6 Å². The van der Waals surface area contributed by atoms with Gasteiger partial charge in [-0.15, -0.1) is 0 Å². The monoisotopic (exact) mass is 385 g/mol. The number of nitrogens with zero attached hydrogens (tertiary/aromatic N) is 1. The average Bonchev–Trinajstić information content (AvgIpc) is 3.36. The van der Waals surface area contributed by atoms with Crippen LogP contribution in [-0.2, 0) is 5.54 Å². The third-order valence-electron chi connectivity index (χ3n) is 5.26. The van der Waals surface area contributed by atoms with Gasteiger partial charge >= 0.3 is 5.97 Å². The van der Waals surface area contributed by atoms with Crippen LogP contribution in [0.25, 0.3) is 16.6 Å². The van der Waals surface area contributed by atoms with Crippen LogP contribution in [0.4, 0.5) is 14.5 Å². The van der Waals surface area contributed by atoms with Crippen molar-refractivity contribution in [1.29, 1.82) is 0 Å². The molecule has 0 atom stereocenters. The largest absolute Gasteiger partial charge is 0.477 e. The molecule has 1 aliphatic rings. The molecular formula is C20H17F2N3O3. The summed E-state index contributed by atoms with van der Waals surface area (Å²) in [6.07, 6.45) is 2.36. The van der Waals surface area contributed by atoms with Gasteiger partial charge in [0.05, 0.1) is 16.6 Å². The Labute approximate surface area is 158 Å². The minimum Gasteiger partial charge on any atom is -0.477 e. The molecule has 0 spiro atoms. The van der Waals surface area contributed by atoms with Gasteiger partial charge in [0.2, 0.25) is 5.43 Å². The van der Waals surface area contributed by atoms with Crippen molar-refractivity contribution in [3.8, 4) is 5.69 Å². The number of carboxylic acids is 1. The van der Waals surface area contributed by atoms with Crippen molar-refractivity contribution in [3.05, 3.63) is 69.0 Å². The summed E-state index contributed by atoms with van der Waals surface area (Å²) in [7, 11) is 0. The van der Waals surface area contributed by atoms with Crippen LogP contribution in [0.15, 0.2) is 35.3 Å². The smallest absolute Gasteiger partial charge is 0.341 e. The number of rotatable bonds is 3. The maximum absolute atomic E-state index is 14.8. The fourth-order valence-corrected chi connectivity index (χ4v) is 3.68. The van der Waals surface area contributed by atoms with Crippen LogP contribution in [0, 0.1) is 18.6 Å². The highest BCUT2D eigenvalue weighted by Crippen LogP contribution is 2.46. The molecule has 0 bridgehead atoms. The molecule has 144 valence electrons. The lowest BCUT2D eigenvalue weighted by Gasteiger charge is -2.20. The topological polar surface area (TPSA) is 111 Å². The maximum atomic E-state index is 14.8. The predicted octanol–water partition coefficient (Wildman–Crippen LogP) is 2.81. The number of hydrogen-bond acceptors (Lipinski definition) is 4. The highest BCUT2D eigenvalue weighted by Gasteiger charge is 2.44.